The number of anilines is 2. The van der Waals surface area contributed by atoms with Gasteiger partial charge in [-0.25, -0.2) is 8.78 Å². The summed E-state index contributed by atoms with van der Waals surface area (Å²) < 4.78 is 132. The number of nitrogens with one attached hydrogen (secondary N) is 1. The molecule has 304 valence electrons. The van der Waals surface area contributed by atoms with Crippen LogP contribution in [0.3, 0.4) is 0 Å². The van der Waals surface area contributed by atoms with E-state index in [1.807, 2.05) is 0 Å². The van der Waals surface area contributed by atoms with Crippen LogP contribution >= 0.6 is 11.6 Å². The normalized spacial score (nSPS) is 14.6. The van der Waals surface area contributed by atoms with Gasteiger partial charge >= 0.3 is 41.9 Å². The average Bonchev–Trinajstić information content (AvgIpc) is 3.81. The third-order valence-corrected chi connectivity index (χ3v) is 11.5. The number of benzene rings is 4. The number of alkyl halides is 7. The van der Waals surface area contributed by atoms with Gasteiger partial charge in [0.2, 0.25) is 0 Å². The van der Waals surface area contributed by atoms with Gasteiger partial charge in [-0.2, -0.15) is 26.3 Å². The second kappa shape index (κ2) is 21.2. The van der Waals surface area contributed by atoms with Crippen LogP contribution in [0.25, 0.3) is 0 Å². The standard InChI is InChI=1S/C17H14ClF4NO2S.C17H13F4NO2S.C4H8O.Na.H/c1-10-6-13(19)14(7-15(10)26(25)9-17(20,21)22)23-16(24)12-5-3-2-4-11(12)8-18;1-10-6-13(18)14(7-15(10)25(24)9-17(19,20)21)22-8-11-4-2-3-5-12(11)16(22)23;1-2-4-5-3-1;;/h2-7H,8-9H2,1H3,(H,23,24);2-7H,8-9H2,1H3;1-4H2;;/q;;;+1;-1. The minimum Gasteiger partial charge on any atom is -1.00 e. The largest absolute Gasteiger partial charge is 1.00 e. The molecule has 0 radical (unpaired) electrons. The van der Waals surface area contributed by atoms with Crippen LogP contribution in [0.5, 0.6) is 0 Å². The fraction of sp³-hybridized carbons (Fsp3) is 0.316. The molecule has 4 aromatic carbocycles. The summed E-state index contributed by atoms with van der Waals surface area (Å²) in [7, 11) is -4.79. The van der Waals surface area contributed by atoms with Crippen molar-refractivity contribution in [1.82, 2.24) is 0 Å². The van der Waals surface area contributed by atoms with Gasteiger partial charge < -0.3 is 16.4 Å². The summed E-state index contributed by atoms with van der Waals surface area (Å²) in [5.41, 5.74) is 1.57. The molecule has 1 N–H and O–H groups in total. The third kappa shape index (κ3) is 13.7. The minimum absolute atomic E-state index is 0. The molecule has 57 heavy (non-hydrogen) atoms. The maximum Gasteiger partial charge on any atom is 1.00 e. The van der Waals surface area contributed by atoms with Gasteiger partial charge in [0.05, 0.1) is 39.5 Å². The van der Waals surface area contributed by atoms with Crippen molar-refractivity contribution in [2.75, 3.05) is 34.9 Å². The van der Waals surface area contributed by atoms with Crippen molar-refractivity contribution in [2.24, 2.45) is 0 Å². The Bertz CT molecular complexity index is 2120. The number of fused-ring (bicyclic) bond motifs is 1. The van der Waals surface area contributed by atoms with Gasteiger partial charge in [0.15, 0.2) is 0 Å². The molecule has 2 aliphatic heterocycles. The molecule has 2 unspecified atom stereocenters. The number of hydrogen-bond donors (Lipinski definition) is 1. The summed E-state index contributed by atoms with van der Waals surface area (Å²) in [5, 5.41) is 2.30. The molecule has 1 saturated heterocycles. The van der Waals surface area contributed by atoms with E-state index >= 15 is 0 Å². The second-order valence-corrected chi connectivity index (χ2v) is 15.6. The van der Waals surface area contributed by atoms with E-state index < -0.39 is 68.9 Å². The van der Waals surface area contributed by atoms with Gasteiger partial charge in [0, 0.05) is 40.0 Å². The average molecular weight is 875 g/mol. The number of rotatable bonds is 8. The number of halogens is 9. The summed E-state index contributed by atoms with van der Waals surface area (Å²) in [6, 6.07) is 17.1. The predicted molar refractivity (Wildman–Crippen MR) is 199 cm³/mol. The maximum atomic E-state index is 14.4. The molecule has 19 heteroatoms. The van der Waals surface area contributed by atoms with Gasteiger partial charge in [-0.05, 0) is 85.3 Å². The Morgan fingerprint density at radius 1 is 0.825 bits per heavy atom. The quantitative estimate of drug-likeness (QED) is 0.121. The monoisotopic (exact) mass is 874 g/mol. The Hall–Kier alpha value is -3.19. The molecule has 0 bridgehead atoms. The van der Waals surface area contributed by atoms with Crippen LogP contribution in [0.15, 0.2) is 82.6 Å². The Balaban J connectivity index is 0.000000345. The molecular weight excluding hydrogens is 839 g/mol. The fourth-order valence-electron chi connectivity index (χ4n) is 5.55. The van der Waals surface area contributed by atoms with Crippen molar-refractivity contribution in [3.8, 4) is 0 Å². The molecule has 0 aliphatic carbocycles. The predicted octanol–water partition coefficient (Wildman–Crippen LogP) is 6.67. The van der Waals surface area contributed by atoms with E-state index in [2.05, 4.69) is 5.32 Å². The number of ether oxygens (including phenoxy) is 1. The van der Waals surface area contributed by atoms with Crippen molar-refractivity contribution in [2.45, 2.75) is 61.3 Å². The summed E-state index contributed by atoms with van der Waals surface area (Å²) in [6.45, 7) is 4.85. The number of nitrogens with zero attached hydrogens (tertiary/aromatic N) is 1. The van der Waals surface area contributed by atoms with Gasteiger partial charge in [0.25, 0.3) is 11.8 Å². The minimum atomic E-state index is -4.63. The maximum absolute atomic E-state index is 14.4. The van der Waals surface area contributed by atoms with Crippen molar-refractivity contribution in [3.63, 3.8) is 0 Å². The van der Waals surface area contributed by atoms with Crippen LogP contribution in [0.4, 0.5) is 46.5 Å². The van der Waals surface area contributed by atoms with Crippen molar-refractivity contribution >= 4 is 56.4 Å². The molecule has 0 aromatic heterocycles. The smallest absolute Gasteiger partial charge is 1.00 e. The Labute approximate surface area is 357 Å². The number of hydrogen-bond acceptors (Lipinski definition) is 5. The third-order valence-electron chi connectivity index (χ3n) is 8.18. The van der Waals surface area contributed by atoms with Gasteiger partial charge in [-0.1, -0.05) is 36.4 Å². The van der Waals surface area contributed by atoms with E-state index in [-0.39, 0.29) is 81.3 Å². The molecule has 2 aliphatic rings. The van der Waals surface area contributed by atoms with E-state index in [4.69, 9.17) is 16.3 Å². The molecule has 7 nitrogen and oxygen atoms in total. The van der Waals surface area contributed by atoms with E-state index in [1.165, 1.54) is 32.8 Å². The fourth-order valence-corrected chi connectivity index (χ4v) is 8.02. The Kier molecular flexibility index (Phi) is 17.9. The second-order valence-electron chi connectivity index (χ2n) is 12.5. The van der Waals surface area contributed by atoms with Crippen LogP contribution in [0, 0.1) is 25.5 Å². The van der Waals surface area contributed by atoms with Crippen molar-refractivity contribution in [1.29, 1.82) is 0 Å². The molecule has 2 amide bonds. The zero-order chi connectivity index (χ0) is 41.4. The van der Waals surface area contributed by atoms with Crippen LogP contribution in [0.2, 0.25) is 0 Å². The molecule has 2 atom stereocenters. The molecule has 0 saturated carbocycles. The summed E-state index contributed by atoms with van der Waals surface area (Å²) in [5.74, 6) is -5.71. The van der Waals surface area contributed by atoms with Gasteiger partial charge in [0.1, 0.15) is 23.1 Å². The Morgan fingerprint density at radius 3 is 1.88 bits per heavy atom. The van der Waals surface area contributed by atoms with Gasteiger partial charge in [-0.3, -0.25) is 18.0 Å². The van der Waals surface area contributed by atoms with E-state index in [0.29, 0.717) is 16.7 Å². The molecular formula is C38H36ClF8N2NaO5S2. The molecule has 6 rings (SSSR count). The number of aryl methyl sites for hydroxylation is 2. The number of amides is 2. The van der Waals surface area contributed by atoms with E-state index in [9.17, 15) is 53.1 Å². The summed E-state index contributed by atoms with van der Waals surface area (Å²) >= 11 is 5.76. The van der Waals surface area contributed by atoms with E-state index in [1.54, 1.807) is 42.5 Å². The van der Waals surface area contributed by atoms with Crippen molar-refractivity contribution in [3.05, 3.63) is 118 Å². The number of carbonyl (C=O) groups excluding carboxylic acids is 2. The zero-order valence-corrected chi connectivity index (χ0v) is 35.2. The van der Waals surface area contributed by atoms with Crippen LogP contribution in [-0.4, -0.2) is 57.3 Å². The number of carbonyl (C=O) groups is 2. The molecule has 4 aromatic rings. The molecule has 1 fully saturated rings. The van der Waals surface area contributed by atoms with E-state index in [0.717, 1.165) is 42.4 Å². The molecule has 2 heterocycles. The Morgan fingerprint density at radius 2 is 1.35 bits per heavy atom. The topological polar surface area (TPSA) is 92.8 Å². The molecule has 0 spiro atoms. The zero-order valence-electron chi connectivity index (χ0n) is 31.8. The van der Waals surface area contributed by atoms with Crippen molar-refractivity contribution < 1.29 is 88.9 Å². The van der Waals surface area contributed by atoms with Gasteiger partial charge in [-0.15, -0.1) is 11.6 Å². The SMILES string of the molecule is C1CCOC1.Cc1cc(F)c(N2Cc3ccccc3C2=O)cc1S(=O)CC(F)(F)F.Cc1cc(F)c(NC(=O)c2ccccc2CCl)cc1S(=O)CC(F)(F)F.[H-].[Na+]. The summed E-state index contributed by atoms with van der Waals surface area (Å²) in [4.78, 5) is 25.6. The first-order chi connectivity index (χ1) is 26.3. The first-order valence-electron chi connectivity index (χ1n) is 16.7. The van der Waals surface area contributed by atoms with Crippen LogP contribution < -0.4 is 39.8 Å². The first-order valence-corrected chi connectivity index (χ1v) is 19.9. The van der Waals surface area contributed by atoms with Crippen LogP contribution in [-0.2, 0) is 38.8 Å². The van der Waals surface area contributed by atoms with Crippen LogP contribution in [0.1, 0.15) is 57.2 Å². The first kappa shape index (κ1) is 48.2. The summed E-state index contributed by atoms with van der Waals surface area (Å²) in [6.07, 6.45) is -6.68.